The van der Waals surface area contributed by atoms with E-state index in [-0.39, 0.29) is 0 Å². The summed E-state index contributed by atoms with van der Waals surface area (Å²) in [6.45, 7) is 6.87. The van der Waals surface area contributed by atoms with Gasteiger partial charge in [-0.1, -0.05) is 12.1 Å². The molecule has 0 aromatic heterocycles. The summed E-state index contributed by atoms with van der Waals surface area (Å²) in [6, 6.07) is 8.71. The molecular formula is C13H21N3. The summed E-state index contributed by atoms with van der Waals surface area (Å²) in [6.07, 6.45) is 0. The van der Waals surface area contributed by atoms with Crippen LogP contribution in [0, 0.1) is 0 Å². The molecule has 0 amide bonds. The Morgan fingerprint density at radius 3 is 2.50 bits per heavy atom. The van der Waals surface area contributed by atoms with Gasteiger partial charge in [0.25, 0.3) is 0 Å². The third-order valence-corrected chi connectivity index (χ3v) is 3.48. The normalized spacial score (nSPS) is 20.9. The number of anilines is 1. The molecular weight excluding hydrogens is 198 g/mol. The molecule has 1 aliphatic heterocycles. The minimum Gasteiger partial charge on any atom is -0.399 e. The van der Waals surface area contributed by atoms with Crippen molar-refractivity contribution in [2.45, 2.75) is 13.0 Å². The number of nitrogen functional groups attached to an aromatic ring is 1. The van der Waals surface area contributed by atoms with Gasteiger partial charge in [0.15, 0.2) is 0 Å². The first kappa shape index (κ1) is 11.4. The summed E-state index contributed by atoms with van der Waals surface area (Å²) >= 11 is 0. The lowest BCUT2D eigenvalue weighted by atomic mass is 10.1. The van der Waals surface area contributed by atoms with Gasteiger partial charge in [0, 0.05) is 37.9 Å². The number of nitrogens with zero attached hydrogens (tertiary/aromatic N) is 2. The Kier molecular flexibility index (Phi) is 3.46. The van der Waals surface area contributed by atoms with Crippen molar-refractivity contribution in [3.05, 3.63) is 29.8 Å². The van der Waals surface area contributed by atoms with Crippen LogP contribution in [0.4, 0.5) is 5.69 Å². The molecule has 0 bridgehead atoms. The number of nitrogens with two attached hydrogens (primary N) is 1. The molecule has 3 nitrogen and oxygen atoms in total. The molecule has 1 aromatic rings. The van der Waals surface area contributed by atoms with Crippen molar-refractivity contribution in [1.29, 1.82) is 0 Å². The van der Waals surface area contributed by atoms with E-state index in [1.807, 2.05) is 12.1 Å². The molecule has 1 unspecified atom stereocenters. The molecule has 1 aromatic carbocycles. The van der Waals surface area contributed by atoms with Crippen molar-refractivity contribution in [3.63, 3.8) is 0 Å². The largest absolute Gasteiger partial charge is 0.399 e. The predicted octanol–water partition coefficient (Wildman–Crippen LogP) is 1.58. The van der Waals surface area contributed by atoms with Crippen molar-refractivity contribution in [3.8, 4) is 0 Å². The highest BCUT2D eigenvalue weighted by Crippen LogP contribution is 2.22. The molecule has 1 aliphatic rings. The lowest BCUT2D eigenvalue weighted by Gasteiger charge is -2.36. The molecule has 1 heterocycles. The van der Waals surface area contributed by atoms with Gasteiger partial charge in [-0.2, -0.15) is 0 Å². The summed E-state index contributed by atoms with van der Waals surface area (Å²) in [4.78, 5) is 4.90. The van der Waals surface area contributed by atoms with Crippen molar-refractivity contribution in [1.82, 2.24) is 9.80 Å². The number of benzene rings is 1. The average molecular weight is 219 g/mol. The zero-order chi connectivity index (χ0) is 11.5. The van der Waals surface area contributed by atoms with Crippen LogP contribution in [0.5, 0.6) is 0 Å². The number of hydrogen-bond acceptors (Lipinski definition) is 3. The zero-order valence-corrected chi connectivity index (χ0v) is 10.2. The SMILES string of the molecule is CC(c1cccc(N)c1)N1CCN(C)CC1. The van der Waals surface area contributed by atoms with E-state index < -0.39 is 0 Å². The summed E-state index contributed by atoms with van der Waals surface area (Å²) in [5.41, 5.74) is 8.00. The first-order valence-electron chi connectivity index (χ1n) is 5.95. The van der Waals surface area contributed by atoms with Crippen molar-refractivity contribution >= 4 is 5.69 Å². The van der Waals surface area contributed by atoms with Crippen LogP contribution < -0.4 is 5.73 Å². The molecule has 1 saturated heterocycles. The van der Waals surface area contributed by atoms with Crippen LogP contribution in [-0.4, -0.2) is 43.0 Å². The van der Waals surface area contributed by atoms with Crippen LogP contribution in [0.3, 0.4) is 0 Å². The molecule has 88 valence electrons. The molecule has 1 fully saturated rings. The fourth-order valence-electron chi connectivity index (χ4n) is 2.24. The van der Waals surface area contributed by atoms with E-state index in [2.05, 4.69) is 35.9 Å². The Labute approximate surface area is 97.8 Å². The monoisotopic (exact) mass is 219 g/mol. The fraction of sp³-hybridized carbons (Fsp3) is 0.538. The second-order valence-electron chi connectivity index (χ2n) is 4.69. The summed E-state index contributed by atoms with van der Waals surface area (Å²) < 4.78 is 0. The maximum absolute atomic E-state index is 5.82. The third-order valence-electron chi connectivity index (χ3n) is 3.48. The molecule has 16 heavy (non-hydrogen) atoms. The van der Waals surface area contributed by atoms with Crippen LogP contribution in [0.2, 0.25) is 0 Å². The Hall–Kier alpha value is -1.06. The van der Waals surface area contributed by atoms with Crippen LogP contribution in [0.1, 0.15) is 18.5 Å². The van der Waals surface area contributed by atoms with Crippen LogP contribution in [-0.2, 0) is 0 Å². The van der Waals surface area contributed by atoms with Crippen LogP contribution >= 0.6 is 0 Å². The van der Waals surface area contributed by atoms with E-state index in [4.69, 9.17) is 5.73 Å². The van der Waals surface area contributed by atoms with Crippen molar-refractivity contribution in [2.24, 2.45) is 0 Å². The van der Waals surface area contributed by atoms with Gasteiger partial charge in [0.2, 0.25) is 0 Å². The highest BCUT2D eigenvalue weighted by atomic mass is 15.3. The quantitative estimate of drug-likeness (QED) is 0.766. The first-order chi connectivity index (χ1) is 7.66. The molecule has 0 saturated carbocycles. The lowest BCUT2D eigenvalue weighted by Crippen LogP contribution is -2.45. The standard InChI is InChI=1S/C13H21N3/c1-11(12-4-3-5-13(14)10-12)16-8-6-15(2)7-9-16/h3-5,10-11H,6-9,14H2,1-2H3. The Bertz CT molecular complexity index is 343. The predicted molar refractivity (Wildman–Crippen MR) is 68.3 cm³/mol. The van der Waals surface area contributed by atoms with Gasteiger partial charge in [-0.25, -0.2) is 0 Å². The Balaban J connectivity index is 2.04. The number of rotatable bonds is 2. The molecule has 0 aliphatic carbocycles. The van der Waals surface area contributed by atoms with Crippen molar-refractivity contribution < 1.29 is 0 Å². The summed E-state index contributed by atoms with van der Waals surface area (Å²) in [7, 11) is 2.18. The van der Waals surface area contributed by atoms with Gasteiger partial charge in [-0.3, -0.25) is 4.90 Å². The van der Waals surface area contributed by atoms with Gasteiger partial charge < -0.3 is 10.6 Å². The molecule has 2 rings (SSSR count). The number of hydrogen-bond donors (Lipinski definition) is 1. The number of piperazine rings is 1. The molecule has 2 N–H and O–H groups in total. The van der Waals surface area contributed by atoms with Crippen LogP contribution in [0.15, 0.2) is 24.3 Å². The molecule has 3 heteroatoms. The maximum Gasteiger partial charge on any atom is 0.0321 e. The molecule has 1 atom stereocenters. The minimum absolute atomic E-state index is 0.470. The Morgan fingerprint density at radius 2 is 1.88 bits per heavy atom. The highest BCUT2D eigenvalue weighted by molar-refractivity contribution is 5.41. The maximum atomic E-state index is 5.82. The topological polar surface area (TPSA) is 32.5 Å². The third kappa shape index (κ3) is 2.54. The van der Waals surface area contributed by atoms with Gasteiger partial charge in [0.05, 0.1) is 0 Å². The highest BCUT2D eigenvalue weighted by Gasteiger charge is 2.19. The van der Waals surface area contributed by atoms with Gasteiger partial charge in [-0.05, 0) is 31.7 Å². The van der Waals surface area contributed by atoms with E-state index in [1.165, 1.54) is 5.56 Å². The first-order valence-corrected chi connectivity index (χ1v) is 5.95. The second kappa shape index (κ2) is 4.85. The smallest absolute Gasteiger partial charge is 0.0321 e. The van der Waals surface area contributed by atoms with E-state index in [9.17, 15) is 0 Å². The average Bonchev–Trinajstić information content (AvgIpc) is 2.29. The number of likely N-dealkylation sites (N-methyl/N-ethyl adjacent to an activating group) is 1. The summed E-state index contributed by atoms with van der Waals surface area (Å²) in [5, 5.41) is 0. The van der Waals surface area contributed by atoms with Crippen LogP contribution in [0.25, 0.3) is 0 Å². The van der Waals surface area contributed by atoms with E-state index in [1.54, 1.807) is 0 Å². The fourth-order valence-corrected chi connectivity index (χ4v) is 2.24. The minimum atomic E-state index is 0.470. The van der Waals surface area contributed by atoms with E-state index in [0.29, 0.717) is 6.04 Å². The molecule has 0 spiro atoms. The van der Waals surface area contributed by atoms with Gasteiger partial charge in [-0.15, -0.1) is 0 Å². The van der Waals surface area contributed by atoms with Crippen molar-refractivity contribution in [2.75, 3.05) is 39.0 Å². The summed E-state index contributed by atoms with van der Waals surface area (Å²) in [5.74, 6) is 0. The zero-order valence-electron chi connectivity index (χ0n) is 10.2. The van der Waals surface area contributed by atoms with Gasteiger partial charge >= 0.3 is 0 Å². The lowest BCUT2D eigenvalue weighted by molar-refractivity contribution is 0.119. The van der Waals surface area contributed by atoms with Gasteiger partial charge in [0.1, 0.15) is 0 Å². The Morgan fingerprint density at radius 1 is 1.19 bits per heavy atom. The van der Waals surface area contributed by atoms with E-state index >= 15 is 0 Å². The second-order valence-corrected chi connectivity index (χ2v) is 4.69. The van der Waals surface area contributed by atoms with E-state index in [0.717, 1.165) is 31.9 Å². The molecule has 0 radical (unpaired) electrons.